The quantitative estimate of drug-likeness (QED) is 0.495. The molecule has 2 aromatic carbocycles. The number of benzene rings is 2. The monoisotopic (exact) mass is 468 g/mol. The van der Waals surface area contributed by atoms with Gasteiger partial charge in [-0.1, -0.05) is 35.3 Å². The lowest BCUT2D eigenvalue weighted by Gasteiger charge is -2.22. The van der Waals surface area contributed by atoms with Crippen molar-refractivity contribution in [3.05, 3.63) is 57.6 Å². The summed E-state index contributed by atoms with van der Waals surface area (Å²) in [5, 5.41) is 23.8. The van der Waals surface area contributed by atoms with E-state index in [0.717, 1.165) is 0 Å². The number of nitrogens with one attached hydrogen (secondary N) is 2. The number of carboxylic acids is 1. The van der Waals surface area contributed by atoms with Crippen molar-refractivity contribution in [2.24, 2.45) is 0 Å². The maximum atomic E-state index is 12.5. The molecule has 2 aromatic rings. The lowest BCUT2D eigenvalue weighted by molar-refractivity contribution is -0.139. The minimum absolute atomic E-state index is 0.00311. The average Bonchev–Trinajstić information content (AvgIpc) is 2.60. The van der Waals surface area contributed by atoms with Gasteiger partial charge in [0.2, 0.25) is 0 Å². The molecular weight excluding hydrogens is 447 g/mol. The van der Waals surface area contributed by atoms with E-state index in [1.165, 1.54) is 12.1 Å². The van der Waals surface area contributed by atoms with Gasteiger partial charge >= 0.3 is 12.1 Å². The minimum Gasteiger partial charge on any atom is -0.508 e. The fourth-order valence-electron chi connectivity index (χ4n) is 2.58. The Morgan fingerprint density at radius 2 is 1.61 bits per heavy atom. The van der Waals surface area contributed by atoms with Gasteiger partial charge in [-0.2, -0.15) is 0 Å². The van der Waals surface area contributed by atoms with Crippen LogP contribution in [0.25, 0.3) is 0 Å². The topological polar surface area (TPSA) is 125 Å². The molecule has 0 aliphatic carbocycles. The second-order valence-electron chi connectivity index (χ2n) is 7.68. The normalized spacial score (nSPS) is 12.0. The van der Waals surface area contributed by atoms with Gasteiger partial charge in [0, 0.05) is 12.1 Å². The number of ether oxygens (including phenoxy) is 1. The molecule has 1 atom stereocenters. The Balaban J connectivity index is 2.06. The second-order valence-corrected chi connectivity index (χ2v) is 8.49. The van der Waals surface area contributed by atoms with Crippen LogP contribution in [0.4, 0.5) is 10.5 Å². The Labute approximate surface area is 189 Å². The fraction of sp³-hybridized carbons (Fsp3) is 0.286. The van der Waals surface area contributed by atoms with E-state index in [0.29, 0.717) is 11.3 Å². The number of carboxylic acid groups (broad SMARTS) is 1. The average molecular weight is 469 g/mol. The molecule has 4 N–H and O–H groups in total. The Morgan fingerprint density at radius 1 is 1.06 bits per heavy atom. The lowest BCUT2D eigenvalue weighted by Crippen LogP contribution is -2.44. The molecule has 0 unspecified atom stereocenters. The third kappa shape index (κ3) is 7.34. The molecule has 0 saturated carbocycles. The Bertz CT molecular complexity index is 963. The Morgan fingerprint density at radius 3 is 2.10 bits per heavy atom. The number of phenols is 1. The van der Waals surface area contributed by atoms with Crippen LogP contribution in [0.1, 0.15) is 36.7 Å². The van der Waals surface area contributed by atoms with E-state index in [4.69, 9.17) is 27.9 Å². The molecule has 166 valence electrons. The number of halogens is 2. The predicted octanol–water partition coefficient (Wildman–Crippen LogP) is 4.47. The van der Waals surface area contributed by atoms with Crippen LogP contribution in [0.3, 0.4) is 0 Å². The van der Waals surface area contributed by atoms with Gasteiger partial charge in [-0.05, 0) is 50.6 Å². The van der Waals surface area contributed by atoms with E-state index in [-0.39, 0.29) is 27.8 Å². The van der Waals surface area contributed by atoms with Crippen molar-refractivity contribution in [1.82, 2.24) is 5.32 Å². The summed E-state index contributed by atoms with van der Waals surface area (Å²) < 4.78 is 5.09. The molecule has 8 nitrogen and oxygen atoms in total. The molecule has 0 bridgehead atoms. The summed E-state index contributed by atoms with van der Waals surface area (Å²) in [4.78, 5) is 35.8. The molecule has 0 aliphatic rings. The first-order valence-corrected chi connectivity index (χ1v) is 9.92. The number of hydrogen-bond donors (Lipinski definition) is 4. The van der Waals surface area contributed by atoms with Crippen molar-refractivity contribution in [3.8, 4) is 5.75 Å². The zero-order valence-electron chi connectivity index (χ0n) is 17.0. The van der Waals surface area contributed by atoms with E-state index in [2.05, 4.69) is 10.6 Å². The van der Waals surface area contributed by atoms with E-state index in [1.54, 1.807) is 45.0 Å². The predicted molar refractivity (Wildman–Crippen MR) is 117 cm³/mol. The summed E-state index contributed by atoms with van der Waals surface area (Å²) in [5.41, 5.74) is 0.289. The molecule has 0 heterocycles. The number of alkyl carbamates (subject to hydrolysis) is 1. The zero-order chi connectivity index (χ0) is 23.3. The standard InChI is InChI=1S/C21H22Cl2N2O6/c1-21(2,3)31-20(30)25-16(19(28)29)8-11-4-6-12(7-5-11)24-18(27)17-14(22)9-13(26)10-15(17)23/h4-7,9-10,16,26H,8H2,1-3H3,(H,24,27)(H,25,30)(H,28,29)/t16-/m0/s1. The number of hydrogen-bond acceptors (Lipinski definition) is 5. The van der Waals surface area contributed by atoms with Gasteiger partial charge in [-0.3, -0.25) is 4.79 Å². The number of phenolic OH excluding ortho intramolecular Hbond substituents is 1. The molecule has 0 saturated heterocycles. The first-order chi connectivity index (χ1) is 14.4. The van der Waals surface area contributed by atoms with Crippen molar-refractivity contribution in [3.63, 3.8) is 0 Å². The van der Waals surface area contributed by atoms with Crippen LogP contribution in [-0.2, 0) is 16.0 Å². The number of aliphatic carboxylic acids is 1. The maximum absolute atomic E-state index is 12.5. The summed E-state index contributed by atoms with van der Waals surface area (Å²) in [6.45, 7) is 5.02. The van der Waals surface area contributed by atoms with Gasteiger partial charge in [-0.15, -0.1) is 0 Å². The molecule has 0 aliphatic heterocycles. The molecule has 0 aromatic heterocycles. The van der Waals surface area contributed by atoms with Crippen molar-refractivity contribution in [1.29, 1.82) is 0 Å². The van der Waals surface area contributed by atoms with Gasteiger partial charge in [0.05, 0.1) is 15.6 Å². The molecule has 31 heavy (non-hydrogen) atoms. The highest BCUT2D eigenvalue weighted by Crippen LogP contribution is 2.30. The highest BCUT2D eigenvalue weighted by atomic mass is 35.5. The number of amides is 2. The third-order valence-corrected chi connectivity index (χ3v) is 4.49. The first-order valence-electron chi connectivity index (χ1n) is 9.16. The van der Waals surface area contributed by atoms with Crippen LogP contribution in [0, 0.1) is 0 Å². The molecule has 10 heteroatoms. The number of carbonyl (C=O) groups is 3. The smallest absolute Gasteiger partial charge is 0.408 e. The highest BCUT2D eigenvalue weighted by Gasteiger charge is 2.24. The van der Waals surface area contributed by atoms with Gasteiger partial charge in [0.1, 0.15) is 17.4 Å². The van der Waals surface area contributed by atoms with E-state index < -0.39 is 29.6 Å². The van der Waals surface area contributed by atoms with Gasteiger partial charge in [0.15, 0.2) is 0 Å². The van der Waals surface area contributed by atoms with Crippen LogP contribution >= 0.6 is 23.2 Å². The fourth-order valence-corrected chi connectivity index (χ4v) is 3.23. The SMILES string of the molecule is CC(C)(C)OC(=O)N[C@@H](Cc1ccc(NC(=O)c2c(Cl)cc(O)cc2Cl)cc1)C(=O)O. The Hall–Kier alpha value is -2.97. The molecule has 0 radical (unpaired) electrons. The van der Waals surface area contributed by atoms with E-state index >= 15 is 0 Å². The summed E-state index contributed by atoms with van der Waals surface area (Å²) >= 11 is 12.0. The summed E-state index contributed by atoms with van der Waals surface area (Å²) in [7, 11) is 0. The van der Waals surface area contributed by atoms with Gasteiger partial charge in [-0.25, -0.2) is 9.59 Å². The van der Waals surface area contributed by atoms with Crippen molar-refractivity contribution in [2.75, 3.05) is 5.32 Å². The summed E-state index contributed by atoms with van der Waals surface area (Å²) in [6.07, 6.45) is -0.815. The first kappa shape index (κ1) is 24.3. The summed E-state index contributed by atoms with van der Waals surface area (Å²) in [5.74, 6) is -1.94. The second kappa shape index (κ2) is 9.89. The van der Waals surface area contributed by atoms with Gasteiger partial charge in [0.25, 0.3) is 5.91 Å². The number of carbonyl (C=O) groups excluding carboxylic acids is 2. The van der Waals surface area contributed by atoms with Crippen molar-refractivity contribution < 1.29 is 29.3 Å². The van der Waals surface area contributed by atoms with Crippen LogP contribution < -0.4 is 10.6 Å². The van der Waals surface area contributed by atoms with E-state index in [1.807, 2.05) is 0 Å². The summed E-state index contributed by atoms with van der Waals surface area (Å²) in [6, 6.07) is 7.59. The molecule has 0 spiro atoms. The van der Waals surface area contributed by atoms with Crippen LogP contribution in [-0.4, -0.2) is 39.8 Å². The van der Waals surface area contributed by atoms with Crippen LogP contribution in [0.5, 0.6) is 5.75 Å². The minimum atomic E-state index is -1.21. The molecule has 2 amide bonds. The molecular formula is C21H22Cl2N2O6. The van der Waals surface area contributed by atoms with Crippen molar-refractivity contribution in [2.45, 2.75) is 38.8 Å². The lowest BCUT2D eigenvalue weighted by atomic mass is 10.1. The molecule has 2 rings (SSSR count). The maximum Gasteiger partial charge on any atom is 0.408 e. The number of aromatic hydroxyl groups is 1. The van der Waals surface area contributed by atoms with E-state index in [9.17, 15) is 24.6 Å². The van der Waals surface area contributed by atoms with Crippen LogP contribution in [0.2, 0.25) is 10.0 Å². The Kier molecular flexibility index (Phi) is 7.75. The molecule has 0 fully saturated rings. The highest BCUT2D eigenvalue weighted by molar-refractivity contribution is 6.40. The largest absolute Gasteiger partial charge is 0.508 e. The van der Waals surface area contributed by atoms with Gasteiger partial charge < -0.3 is 25.6 Å². The number of rotatable bonds is 6. The third-order valence-electron chi connectivity index (χ3n) is 3.89. The van der Waals surface area contributed by atoms with Crippen LogP contribution in [0.15, 0.2) is 36.4 Å². The number of anilines is 1. The zero-order valence-corrected chi connectivity index (χ0v) is 18.5. The van der Waals surface area contributed by atoms with Crippen molar-refractivity contribution >= 4 is 46.9 Å².